The second-order valence-corrected chi connectivity index (χ2v) is 9.34. The van der Waals surface area contributed by atoms with Gasteiger partial charge in [0.05, 0.1) is 5.75 Å². The van der Waals surface area contributed by atoms with E-state index >= 15 is 0 Å². The number of benzene rings is 2. The van der Waals surface area contributed by atoms with Gasteiger partial charge in [0.2, 0.25) is 0 Å². The fourth-order valence-electron chi connectivity index (χ4n) is 2.78. The first-order chi connectivity index (χ1) is 10.1. The first kappa shape index (κ1) is 14.5. The predicted molar refractivity (Wildman–Crippen MR) is 85.3 cm³/mol. The Hall–Kier alpha value is -1.46. The average Bonchev–Trinajstić information content (AvgIpc) is 2.77. The maximum absolute atomic E-state index is 12.4. The van der Waals surface area contributed by atoms with E-state index in [-0.39, 0.29) is 17.4 Å². The lowest BCUT2D eigenvalue weighted by molar-refractivity contribution is 0.591. The number of hydrogen-bond acceptors (Lipinski definition) is 3. The van der Waals surface area contributed by atoms with E-state index in [9.17, 15) is 12.6 Å². The first-order valence-electron chi connectivity index (χ1n) is 6.78. The monoisotopic (exact) mass is 320 g/mol. The Bertz CT molecular complexity index is 700. The van der Waals surface area contributed by atoms with Gasteiger partial charge in [-0.15, -0.1) is 0 Å². The molecule has 1 saturated heterocycles. The molecule has 0 N–H and O–H groups in total. The Kier molecular flexibility index (Phi) is 3.95. The molecule has 2 atom stereocenters. The summed E-state index contributed by atoms with van der Waals surface area (Å²) in [6.45, 7) is 0. The van der Waals surface area contributed by atoms with Crippen molar-refractivity contribution in [3.05, 3.63) is 71.8 Å². The van der Waals surface area contributed by atoms with Crippen molar-refractivity contribution in [3.63, 3.8) is 0 Å². The fourth-order valence-corrected chi connectivity index (χ4v) is 8.06. The Morgan fingerprint density at radius 1 is 0.905 bits per heavy atom. The lowest BCUT2D eigenvalue weighted by atomic mass is 9.93. The van der Waals surface area contributed by atoms with Crippen LogP contribution in [0, 0.1) is 0 Å². The summed E-state index contributed by atoms with van der Waals surface area (Å²) in [6, 6.07) is 18.9. The third-order valence-electron chi connectivity index (χ3n) is 3.77. The topological polar surface area (TPSA) is 51.2 Å². The molecule has 1 fully saturated rings. The lowest BCUT2D eigenvalue weighted by Gasteiger charge is -2.23. The zero-order valence-corrected chi connectivity index (χ0v) is 13.0. The highest BCUT2D eigenvalue weighted by atomic mass is 32.3. The SMILES string of the molecule is O=S1CCS(=O)(=O)C1C(c1ccccc1)c1ccccc1. The zero-order chi connectivity index (χ0) is 14.9. The van der Waals surface area contributed by atoms with Gasteiger partial charge >= 0.3 is 0 Å². The van der Waals surface area contributed by atoms with Crippen LogP contribution < -0.4 is 0 Å². The van der Waals surface area contributed by atoms with E-state index in [0.29, 0.717) is 0 Å². The fraction of sp³-hybridized carbons (Fsp3) is 0.250. The van der Waals surface area contributed by atoms with Crippen molar-refractivity contribution in [1.29, 1.82) is 0 Å². The molecule has 0 aromatic heterocycles. The van der Waals surface area contributed by atoms with Crippen LogP contribution >= 0.6 is 0 Å². The summed E-state index contributed by atoms with van der Waals surface area (Å²) in [6.07, 6.45) is 0. The minimum absolute atomic E-state index is 0.0143. The van der Waals surface area contributed by atoms with Gasteiger partial charge in [-0.1, -0.05) is 60.7 Å². The highest BCUT2D eigenvalue weighted by Crippen LogP contribution is 2.36. The summed E-state index contributed by atoms with van der Waals surface area (Å²) in [5.41, 5.74) is 1.79. The molecule has 0 bridgehead atoms. The molecule has 3 rings (SSSR count). The molecule has 2 unspecified atom stereocenters. The van der Waals surface area contributed by atoms with Crippen LogP contribution in [0.5, 0.6) is 0 Å². The van der Waals surface area contributed by atoms with Crippen LogP contribution in [0.2, 0.25) is 0 Å². The Morgan fingerprint density at radius 2 is 1.38 bits per heavy atom. The molecule has 21 heavy (non-hydrogen) atoms. The van der Waals surface area contributed by atoms with Gasteiger partial charge < -0.3 is 0 Å². The first-order valence-corrected chi connectivity index (χ1v) is 9.88. The van der Waals surface area contributed by atoms with Gasteiger partial charge in [0.25, 0.3) is 0 Å². The quantitative estimate of drug-likeness (QED) is 0.872. The molecule has 5 heteroatoms. The van der Waals surface area contributed by atoms with E-state index in [2.05, 4.69) is 0 Å². The van der Waals surface area contributed by atoms with Crippen molar-refractivity contribution in [3.8, 4) is 0 Å². The molecule has 2 aromatic carbocycles. The molecular formula is C16H16O3S2. The molecular weight excluding hydrogens is 304 g/mol. The molecule has 110 valence electrons. The molecule has 1 aliphatic heterocycles. The molecule has 0 amide bonds. The smallest absolute Gasteiger partial charge is 0.166 e. The third kappa shape index (κ3) is 2.80. The second-order valence-electron chi connectivity index (χ2n) is 5.12. The Balaban J connectivity index is 2.16. The van der Waals surface area contributed by atoms with Gasteiger partial charge in [0.1, 0.15) is 4.58 Å². The van der Waals surface area contributed by atoms with Crippen molar-refractivity contribution in [2.75, 3.05) is 11.5 Å². The number of rotatable bonds is 3. The van der Waals surface area contributed by atoms with Crippen LogP contribution in [0.4, 0.5) is 0 Å². The van der Waals surface area contributed by atoms with Gasteiger partial charge in [-0.2, -0.15) is 0 Å². The predicted octanol–water partition coefficient (Wildman–Crippen LogP) is 2.32. The minimum atomic E-state index is -3.33. The van der Waals surface area contributed by atoms with Crippen molar-refractivity contribution in [2.45, 2.75) is 10.5 Å². The summed E-state index contributed by atoms with van der Waals surface area (Å²) in [7, 11) is -4.68. The van der Waals surface area contributed by atoms with Gasteiger partial charge in [0.15, 0.2) is 9.84 Å². The largest absolute Gasteiger partial charge is 0.258 e. The zero-order valence-electron chi connectivity index (χ0n) is 11.4. The standard InChI is InChI=1S/C16H16O3S2/c17-20-11-12-21(18,19)16(20)15(13-7-3-1-4-8-13)14-9-5-2-6-10-14/h1-10,15-16H,11-12H2. The molecule has 1 heterocycles. The van der Waals surface area contributed by atoms with Crippen molar-refractivity contribution >= 4 is 20.6 Å². The Morgan fingerprint density at radius 3 is 1.76 bits per heavy atom. The van der Waals surface area contributed by atoms with Crippen molar-refractivity contribution < 1.29 is 12.6 Å². The summed E-state index contributed by atoms with van der Waals surface area (Å²) >= 11 is 0. The molecule has 3 nitrogen and oxygen atoms in total. The van der Waals surface area contributed by atoms with Crippen LogP contribution in [0.1, 0.15) is 17.0 Å². The van der Waals surface area contributed by atoms with Gasteiger partial charge in [-0.05, 0) is 11.1 Å². The van der Waals surface area contributed by atoms with Crippen LogP contribution in [-0.2, 0) is 20.6 Å². The lowest BCUT2D eigenvalue weighted by Crippen LogP contribution is -2.28. The second kappa shape index (κ2) is 5.73. The summed E-state index contributed by atoms with van der Waals surface area (Å²) in [4.78, 5) is 0. The van der Waals surface area contributed by atoms with E-state index in [1.807, 2.05) is 60.7 Å². The van der Waals surface area contributed by atoms with Crippen molar-refractivity contribution in [2.24, 2.45) is 0 Å². The van der Waals surface area contributed by atoms with Gasteiger partial charge in [-0.3, -0.25) is 4.21 Å². The van der Waals surface area contributed by atoms with E-state index in [4.69, 9.17) is 0 Å². The van der Waals surface area contributed by atoms with Crippen LogP contribution in [0.15, 0.2) is 60.7 Å². The van der Waals surface area contributed by atoms with E-state index in [0.717, 1.165) is 11.1 Å². The summed E-state index contributed by atoms with van der Waals surface area (Å²) in [5.74, 6) is -0.121. The maximum atomic E-state index is 12.4. The maximum Gasteiger partial charge on any atom is 0.166 e. The molecule has 0 spiro atoms. The van der Waals surface area contributed by atoms with Crippen molar-refractivity contribution in [1.82, 2.24) is 0 Å². The summed E-state index contributed by atoms with van der Waals surface area (Å²) in [5, 5.41) is 0. The number of hydrogen-bond donors (Lipinski definition) is 0. The highest BCUT2D eigenvalue weighted by molar-refractivity contribution is 8.09. The van der Waals surface area contributed by atoms with E-state index in [1.54, 1.807) is 0 Å². The van der Waals surface area contributed by atoms with Gasteiger partial charge in [-0.25, -0.2) is 8.42 Å². The molecule has 2 aromatic rings. The Labute approximate surface area is 127 Å². The molecule has 0 saturated carbocycles. The third-order valence-corrected chi connectivity index (χ3v) is 8.70. The van der Waals surface area contributed by atoms with Crippen LogP contribution in [0.25, 0.3) is 0 Å². The van der Waals surface area contributed by atoms with E-state index < -0.39 is 25.2 Å². The molecule has 1 aliphatic rings. The van der Waals surface area contributed by atoms with Crippen LogP contribution in [-0.4, -0.2) is 28.7 Å². The summed E-state index contributed by atoms with van der Waals surface area (Å²) < 4.78 is 36.2. The molecule has 0 aliphatic carbocycles. The molecule has 0 radical (unpaired) electrons. The number of sulfone groups is 1. The van der Waals surface area contributed by atoms with E-state index in [1.165, 1.54) is 0 Å². The van der Waals surface area contributed by atoms with Gasteiger partial charge in [0, 0.05) is 22.5 Å². The van der Waals surface area contributed by atoms with Crippen LogP contribution in [0.3, 0.4) is 0 Å². The minimum Gasteiger partial charge on any atom is -0.258 e. The average molecular weight is 320 g/mol. The highest BCUT2D eigenvalue weighted by Gasteiger charge is 2.44. The normalized spacial score (nSPS) is 24.2.